The fourth-order valence-corrected chi connectivity index (χ4v) is 4.42. The second-order valence-electron chi connectivity index (χ2n) is 7.25. The second-order valence-corrected chi connectivity index (χ2v) is 9.71. The van der Waals surface area contributed by atoms with Crippen LogP contribution in [-0.2, 0) is 14.9 Å². The molecule has 0 aliphatic carbocycles. The molecule has 0 aromatic heterocycles. The van der Waals surface area contributed by atoms with E-state index < -0.39 is 16.0 Å². The zero-order chi connectivity index (χ0) is 24.1. The molecule has 0 bridgehead atoms. The largest absolute Gasteiger partial charge is 0.379 e. The Balaban J connectivity index is 1.55. The molecule has 4 rings (SSSR count). The second kappa shape index (κ2) is 9.91. The Labute approximate surface area is 205 Å². The van der Waals surface area contributed by atoms with E-state index in [1.165, 1.54) is 24.3 Å². The molecule has 6 nitrogen and oxygen atoms in total. The maximum absolute atomic E-state index is 12.8. The molecule has 0 saturated heterocycles. The van der Waals surface area contributed by atoms with Gasteiger partial charge in [0.1, 0.15) is 22.3 Å². The highest BCUT2D eigenvalue weighted by atomic mass is 79.9. The number of anilines is 1. The van der Waals surface area contributed by atoms with Gasteiger partial charge in [-0.15, -0.1) is 0 Å². The summed E-state index contributed by atoms with van der Waals surface area (Å²) in [7, 11) is -4.08. The molecule has 0 aliphatic heterocycles. The van der Waals surface area contributed by atoms with E-state index in [-0.39, 0.29) is 16.2 Å². The maximum atomic E-state index is 12.8. The van der Waals surface area contributed by atoms with Gasteiger partial charge in [-0.1, -0.05) is 58.4 Å². The number of benzene rings is 4. The first kappa shape index (κ1) is 23.2. The number of hydrogen-bond donors (Lipinski definition) is 1. The van der Waals surface area contributed by atoms with Crippen LogP contribution in [0.1, 0.15) is 5.56 Å². The maximum Gasteiger partial charge on any atom is 0.339 e. The minimum Gasteiger partial charge on any atom is -0.379 e. The monoisotopic (exact) mass is 532 g/mol. The van der Waals surface area contributed by atoms with E-state index in [1.807, 2.05) is 30.3 Å². The zero-order valence-corrected chi connectivity index (χ0v) is 20.0. The van der Waals surface area contributed by atoms with Gasteiger partial charge in [0.05, 0.1) is 0 Å². The SMILES string of the molecule is N#C/C(=C\c1cccc(OS(=O)(=O)c2ccc3ccccc3c2)c1)C(=O)Nc1ccc(Br)cc1. The number of nitriles is 1. The summed E-state index contributed by atoms with van der Waals surface area (Å²) in [5, 5.41) is 13.8. The Bertz CT molecular complexity index is 1560. The van der Waals surface area contributed by atoms with E-state index in [4.69, 9.17) is 4.18 Å². The molecule has 0 saturated carbocycles. The first-order valence-electron chi connectivity index (χ1n) is 10.1. The zero-order valence-electron chi connectivity index (χ0n) is 17.6. The van der Waals surface area contributed by atoms with Crippen LogP contribution in [0.25, 0.3) is 16.8 Å². The predicted octanol–water partition coefficient (Wildman–Crippen LogP) is 5.92. The molecule has 0 unspecified atom stereocenters. The molecule has 8 heteroatoms. The molecule has 0 atom stereocenters. The van der Waals surface area contributed by atoms with Crippen LogP contribution in [0, 0.1) is 11.3 Å². The van der Waals surface area contributed by atoms with Gasteiger partial charge in [-0.25, -0.2) is 0 Å². The number of carbonyl (C=O) groups excluding carboxylic acids is 1. The van der Waals surface area contributed by atoms with Crippen LogP contribution in [0.5, 0.6) is 5.75 Å². The predicted molar refractivity (Wildman–Crippen MR) is 135 cm³/mol. The molecule has 168 valence electrons. The Morgan fingerprint density at radius 2 is 1.65 bits per heavy atom. The van der Waals surface area contributed by atoms with E-state index in [0.717, 1.165) is 15.2 Å². The molecule has 34 heavy (non-hydrogen) atoms. The number of nitrogens with one attached hydrogen (secondary N) is 1. The first-order valence-corrected chi connectivity index (χ1v) is 12.3. The van der Waals surface area contributed by atoms with E-state index in [1.54, 1.807) is 48.5 Å². The molecule has 0 aliphatic rings. The van der Waals surface area contributed by atoms with Crippen LogP contribution in [-0.4, -0.2) is 14.3 Å². The summed E-state index contributed by atoms with van der Waals surface area (Å²) in [6.45, 7) is 0. The van der Waals surface area contributed by atoms with Gasteiger partial charge < -0.3 is 9.50 Å². The number of hydrogen-bond acceptors (Lipinski definition) is 5. The van der Waals surface area contributed by atoms with Crippen LogP contribution in [0.2, 0.25) is 0 Å². The Hall–Kier alpha value is -3.93. The molecule has 0 heterocycles. The van der Waals surface area contributed by atoms with Gasteiger partial charge in [0, 0.05) is 10.2 Å². The standard InChI is InChI=1S/C26H17BrN2O4S/c27-22-9-11-23(12-10-22)29-26(30)21(17-28)14-18-4-3-7-24(15-18)33-34(31,32)25-13-8-19-5-1-2-6-20(19)16-25/h1-16H,(H,29,30)/b21-14+. The van der Waals surface area contributed by atoms with Gasteiger partial charge in [0.2, 0.25) is 0 Å². The highest BCUT2D eigenvalue weighted by Crippen LogP contribution is 2.24. The highest BCUT2D eigenvalue weighted by molar-refractivity contribution is 9.10. The lowest BCUT2D eigenvalue weighted by atomic mass is 10.1. The van der Waals surface area contributed by atoms with Crippen LogP contribution in [0.3, 0.4) is 0 Å². The van der Waals surface area contributed by atoms with Crippen molar-refractivity contribution >= 4 is 54.5 Å². The minimum absolute atomic E-state index is 0.0266. The fraction of sp³-hybridized carbons (Fsp3) is 0. The van der Waals surface area contributed by atoms with Gasteiger partial charge in [-0.2, -0.15) is 13.7 Å². The van der Waals surface area contributed by atoms with Crippen molar-refractivity contribution in [3.63, 3.8) is 0 Å². The van der Waals surface area contributed by atoms with Gasteiger partial charge in [-0.05, 0) is 70.9 Å². The van der Waals surface area contributed by atoms with Crippen LogP contribution >= 0.6 is 15.9 Å². The van der Waals surface area contributed by atoms with Gasteiger partial charge in [-0.3, -0.25) is 4.79 Å². The van der Waals surface area contributed by atoms with Gasteiger partial charge in [0.15, 0.2) is 0 Å². The number of amides is 1. The Morgan fingerprint density at radius 3 is 2.38 bits per heavy atom. The lowest BCUT2D eigenvalue weighted by Gasteiger charge is -2.09. The van der Waals surface area contributed by atoms with Crippen molar-refractivity contribution in [2.24, 2.45) is 0 Å². The van der Waals surface area contributed by atoms with Crippen LogP contribution < -0.4 is 9.50 Å². The van der Waals surface area contributed by atoms with E-state index in [0.29, 0.717) is 11.3 Å². The molecule has 0 fully saturated rings. The van der Waals surface area contributed by atoms with Crippen molar-refractivity contribution < 1.29 is 17.4 Å². The fourth-order valence-electron chi connectivity index (χ4n) is 3.20. The normalized spacial score (nSPS) is 11.6. The summed E-state index contributed by atoms with van der Waals surface area (Å²) < 4.78 is 31.8. The van der Waals surface area contributed by atoms with Crippen molar-refractivity contribution in [3.8, 4) is 11.8 Å². The summed E-state index contributed by atoms with van der Waals surface area (Å²) >= 11 is 3.32. The van der Waals surface area contributed by atoms with Gasteiger partial charge >= 0.3 is 10.1 Å². The lowest BCUT2D eigenvalue weighted by Crippen LogP contribution is -2.13. The molecule has 0 spiro atoms. The van der Waals surface area contributed by atoms with Gasteiger partial charge in [0.25, 0.3) is 5.91 Å². The van der Waals surface area contributed by atoms with Crippen molar-refractivity contribution in [2.45, 2.75) is 4.90 Å². The summed E-state index contributed by atoms with van der Waals surface area (Å²) in [6.07, 6.45) is 1.36. The molecule has 1 N–H and O–H groups in total. The lowest BCUT2D eigenvalue weighted by molar-refractivity contribution is -0.112. The van der Waals surface area contributed by atoms with Crippen molar-refractivity contribution in [2.75, 3.05) is 5.32 Å². The van der Waals surface area contributed by atoms with E-state index in [9.17, 15) is 18.5 Å². The third kappa shape index (κ3) is 5.52. The summed E-state index contributed by atoms with van der Waals surface area (Å²) in [5.41, 5.74) is 0.832. The summed E-state index contributed by atoms with van der Waals surface area (Å²) in [4.78, 5) is 12.5. The number of fused-ring (bicyclic) bond motifs is 1. The topological polar surface area (TPSA) is 96.3 Å². The van der Waals surface area contributed by atoms with Crippen LogP contribution in [0.15, 0.2) is 106 Å². The van der Waals surface area contributed by atoms with Crippen LogP contribution in [0.4, 0.5) is 5.69 Å². The van der Waals surface area contributed by atoms with E-state index in [2.05, 4.69) is 21.2 Å². The summed E-state index contributed by atoms with van der Waals surface area (Å²) in [6, 6.07) is 27.1. The number of nitrogens with zero attached hydrogens (tertiary/aromatic N) is 1. The quantitative estimate of drug-likeness (QED) is 0.189. The molecule has 1 amide bonds. The average Bonchev–Trinajstić information content (AvgIpc) is 2.83. The molecule has 4 aromatic rings. The Morgan fingerprint density at radius 1 is 0.912 bits per heavy atom. The first-order chi connectivity index (χ1) is 16.3. The smallest absolute Gasteiger partial charge is 0.339 e. The highest BCUT2D eigenvalue weighted by Gasteiger charge is 2.17. The average molecular weight is 533 g/mol. The third-order valence-electron chi connectivity index (χ3n) is 4.85. The van der Waals surface area contributed by atoms with Crippen molar-refractivity contribution in [1.29, 1.82) is 5.26 Å². The molecular formula is C26H17BrN2O4S. The third-order valence-corrected chi connectivity index (χ3v) is 6.62. The minimum atomic E-state index is -4.08. The molecule has 4 aromatic carbocycles. The number of carbonyl (C=O) groups is 1. The number of halogens is 1. The number of rotatable bonds is 6. The van der Waals surface area contributed by atoms with E-state index >= 15 is 0 Å². The molecular weight excluding hydrogens is 516 g/mol. The Kier molecular flexibility index (Phi) is 6.77. The van der Waals surface area contributed by atoms with Crippen molar-refractivity contribution in [1.82, 2.24) is 0 Å². The molecule has 0 radical (unpaired) electrons. The van der Waals surface area contributed by atoms with Crippen molar-refractivity contribution in [3.05, 3.63) is 107 Å². The summed E-state index contributed by atoms with van der Waals surface area (Å²) in [5.74, 6) is -0.521.